The van der Waals surface area contributed by atoms with Gasteiger partial charge in [0.1, 0.15) is 6.61 Å². The molecule has 2 nitrogen and oxygen atoms in total. The predicted molar refractivity (Wildman–Crippen MR) is 79.2 cm³/mol. The van der Waals surface area contributed by atoms with Gasteiger partial charge in [-0.25, -0.2) is 8.78 Å². The molecule has 0 radical (unpaired) electrons. The number of alkyl halides is 2. The summed E-state index contributed by atoms with van der Waals surface area (Å²) in [7, 11) is 0. The van der Waals surface area contributed by atoms with Crippen molar-refractivity contribution in [2.45, 2.75) is 38.7 Å². The maximum absolute atomic E-state index is 12.0. The van der Waals surface area contributed by atoms with Crippen molar-refractivity contribution in [1.29, 1.82) is 0 Å². The number of thiophene rings is 1. The van der Waals surface area contributed by atoms with Gasteiger partial charge in [-0.15, -0.1) is 11.3 Å². The van der Waals surface area contributed by atoms with Crippen molar-refractivity contribution < 1.29 is 13.5 Å². The van der Waals surface area contributed by atoms with Crippen molar-refractivity contribution in [3.05, 3.63) is 20.8 Å². The van der Waals surface area contributed by atoms with E-state index in [0.717, 1.165) is 29.6 Å². The Labute approximate surface area is 125 Å². The van der Waals surface area contributed by atoms with E-state index in [2.05, 4.69) is 34.2 Å². The molecule has 0 bridgehead atoms. The molecule has 0 spiro atoms. The van der Waals surface area contributed by atoms with Crippen molar-refractivity contribution >= 4 is 27.3 Å². The van der Waals surface area contributed by atoms with Crippen LogP contribution in [0.5, 0.6) is 0 Å². The summed E-state index contributed by atoms with van der Waals surface area (Å²) in [4.78, 5) is 1.29. The van der Waals surface area contributed by atoms with E-state index in [1.807, 2.05) is 6.07 Å². The molecule has 0 aliphatic carbocycles. The monoisotopic (exact) mass is 355 g/mol. The molecule has 1 aromatic heterocycles. The average Bonchev–Trinajstić information content (AvgIpc) is 2.76. The van der Waals surface area contributed by atoms with Crippen molar-refractivity contribution in [2.75, 3.05) is 19.8 Å². The van der Waals surface area contributed by atoms with Gasteiger partial charge in [0.2, 0.25) is 0 Å². The zero-order valence-corrected chi connectivity index (χ0v) is 13.4. The second kappa shape index (κ2) is 9.80. The molecule has 19 heavy (non-hydrogen) atoms. The van der Waals surface area contributed by atoms with Crippen molar-refractivity contribution in [3.63, 3.8) is 0 Å². The Morgan fingerprint density at radius 2 is 2.21 bits per heavy atom. The van der Waals surface area contributed by atoms with Crippen LogP contribution in [0, 0.1) is 0 Å². The van der Waals surface area contributed by atoms with Gasteiger partial charge in [-0.05, 0) is 53.9 Å². The normalized spacial score (nSPS) is 13.1. The van der Waals surface area contributed by atoms with E-state index < -0.39 is 13.0 Å². The lowest BCUT2D eigenvalue weighted by molar-refractivity contribution is 0.0144. The Hall–Kier alpha value is -0.0400. The molecule has 0 aliphatic rings. The van der Waals surface area contributed by atoms with Crippen LogP contribution in [0.1, 0.15) is 24.6 Å². The molecule has 0 fully saturated rings. The maximum Gasteiger partial charge on any atom is 0.261 e. The highest BCUT2D eigenvalue weighted by Gasteiger charge is 2.11. The number of hydrogen-bond donors (Lipinski definition) is 1. The van der Waals surface area contributed by atoms with E-state index in [0.29, 0.717) is 6.61 Å². The van der Waals surface area contributed by atoms with E-state index in [1.165, 1.54) is 4.88 Å². The standard InChI is InChI=1S/C13H20BrF2NOS/c1-2-6-17-10(5-7-18-9-13(15)16)8-11-3-4-12(14)19-11/h3-4,10,13,17H,2,5-9H2,1H3. The van der Waals surface area contributed by atoms with E-state index in [1.54, 1.807) is 11.3 Å². The fourth-order valence-electron chi connectivity index (χ4n) is 1.73. The van der Waals surface area contributed by atoms with E-state index in [-0.39, 0.29) is 6.04 Å². The molecule has 1 N–H and O–H groups in total. The Kier molecular flexibility index (Phi) is 8.77. The van der Waals surface area contributed by atoms with Gasteiger partial charge in [0.15, 0.2) is 0 Å². The fourth-order valence-corrected chi connectivity index (χ4v) is 3.29. The van der Waals surface area contributed by atoms with Crippen LogP contribution in [-0.2, 0) is 11.2 Å². The summed E-state index contributed by atoms with van der Waals surface area (Å²) >= 11 is 5.15. The summed E-state index contributed by atoms with van der Waals surface area (Å²) in [6.45, 7) is 2.95. The lowest BCUT2D eigenvalue weighted by Crippen LogP contribution is -2.33. The van der Waals surface area contributed by atoms with Gasteiger partial charge in [-0.2, -0.15) is 0 Å². The van der Waals surface area contributed by atoms with Crippen LogP contribution in [0.3, 0.4) is 0 Å². The van der Waals surface area contributed by atoms with Crippen LogP contribution in [-0.4, -0.2) is 32.2 Å². The Morgan fingerprint density at radius 3 is 2.79 bits per heavy atom. The number of halogens is 3. The van der Waals surface area contributed by atoms with Gasteiger partial charge in [-0.3, -0.25) is 0 Å². The van der Waals surface area contributed by atoms with Crippen molar-refractivity contribution in [3.8, 4) is 0 Å². The minimum Gasteiger partial charge on any atom is -0.375 e. The van der Waals surface area contributed by atoms with Crippen LogP contribution < -0.4 is 5.32 Å². The summed E-state index contributed by atoms with van der Waals surface area (Å²) < 4.78 is 30.0. The molecule has 1 atom stereocenters. The largest absolute Gasteiger partial charge is 0.375 e. The van der Waals surface area contributed by atoms with Gasteiger partial charge in [0, 0.05) is 17.5 Å². The highest BCUT2D eigenvalue weighted by molar-refractivity contribution is 9.11. The first-order chi connectivity index (χ1) is 9.11. The van der Waals surface area contributed by atoms with Crippen LogP contribution in [0.15, 0.2) is 15.9 Å². The van der Waals surface area contributed by atoms with E-state index in [9.17, 15) is 8.78 Å². The third-order valence-electron chi connectivity index (χ3n) is 2.61. The number of ether oxygens (including phenoxy) is 1. The first-order valence-corrected chi connectivity index (χ1v) is 8.06. The summed E-state index contributed by atoms with van der Waals surface area (Å²) in [5.74, 6) is 0. The van der Waals surface area contributed by atoms with E-state index >= 15 is 0 Å². The molecule has 0 aliphatic heterocycles. The summed E-state index contributed by atoms with van der Waals surface area (Å²) in [6.07, 6.45) is 0.342. The third kappa shape index (κ3) is 7.97. The highest BCUT2D eigenvalue weighted by Crippen LogP contribution is 2.23. The molecule has 0 saturated heterocycles. The summed E-state index contributed by atoms with van der Waals surface area (Å²) in [5, 5.41) is 3.44. The summed E-state index contributed by atoms with van der Waals surface area (Å²) in [6, 6.07) is 4.41. The van der Waals surface area contributed by atoms with Crippen molar-refractivity contribution in [2.24, 2.45) is 0 Å². The molecule has 6 heteroatoms. The molecular formula is C13H20BrF2NOS. The third-order valence-corrected chi connectivity index (χ3v) is 4.26. The highest BCUT2D eigenvalue weighted by atomic mass is 79.9. The molecule has 0 amide bonds. The van der Waals surface area contributed by atoms with Crippen LogP contribution >= 0.6 is 27.3 Å². The smallest absolute Gasteiger partial charge is 0.261 e. The number of rotatable bonds is 10. The van der Waals surface area contributed by atoms with Crippen LogP contribution in [0.4, 0.5) is 8.78 Å². The molecule has 1 heterocycles. The first kappa shape index (κ1) is 17.0. The number of hydrogen-bond acceptors (Lipinski definition) is 3. The zero-order valence-electron chi connectivity index (χ0n) is 11.0. The molecule has 110 valence electrons. The fraction of sp³-hybridized carbons (Fsp3) is 0.692. The Morgan fingerprint density at radius 1 is 1.42 bits per heavy atom. The average molecular weight is 356 g/mol. The molecule has 1 rings (SSSR count). The maximum atomic E-state index is 12.0. The zero-order chi connectivity index (χ0) is 14.1. The van der Waals surface area contributed by atoms with Crippen LogP contribution in [0.25, 0.3) is 0 Å². The van der Waals surface area contributed by atoms with Crippen LogP contribution in [0.2, 0.25) is 0 Å². The molecular weight excluding hydrogens is 336 g/mol. The Balaban J connectivity index is 2.33. The van der Waals surface area contributed by atoms with Gasteiger partial charge in [0.05, 0.1) is 3.79 Å². The minimum atomic E-state index is -2.38. The lowest BCUT2D eigenvalue weighted by atomic mass is 10.1. The lowest BCUT2D eigenvalue weighted by Gasteiger charge is -2.17. The quantitative estimate of drug-likeness (QED) is 0.638. The van der Waals surface area contributed by atoms with Crippen molar-refractivity contribution in [1.82, 2.24) is 5.32 Å². The van der Waals surface area contributed by atoms with Gasteiger partial charge in [0.25, 0.3) is 6.43 Å². The minimum absolute atomic E-state index is 0.281. The first-order valence-electron chi connectivity index (χ1n) is 6.45. The summed E-state index contributed by atoms with van der Waals surface area (Å²) in [5.41, 5.74) is 0. The predicted octanol–water partition coefficient (Wildman–Crippen LogP) is 4.09. The van der Waals surface area contributed by atoms with Gasteiger partial charge < -0.3 is 10.1 Å². The topological polar surface area (TPSA) is 21.3 Å². The number of nitrogens with one attached hydrogen (secondary N) is 1. The molecule has 1 aromatic rings. The molecule has 0 aromatic carbocycles. The molecule has 1 unspecified atom stereocenters. The second-order valence-electron chi connectivity index (χ2n) is 4.32. The molecule has 0 saturated carbocycles. The van der Waals surface area contributed by atoms with Gasteiger partial charge in [-0.1, -0.05) is 6.92 Å². The van der Waals surface area contributed by atoms with E-state index in [4.69, 9.17) is 4.74 Å². The SMILES string of the molecule is CCCNC(CCOCC(F)F)Cc1ccc(Br)s1. The Bertz CT molecular complexity index is 349. The second-order valence-corrected chi connectivity index (χ2v) is 6.86. The van der Waals surface area contributed by atoms with Gasteiger partial charge >= 0.3 is 0 Å².